The Bertz CT molecular complexity index is 518. The van der Waals surface area contributed by atoms with E-state index < -0.39 is 0 Å². The highest BCUT2D eigenvalue weighted by molar-refractivity contribution is 9.10. The molecule has 1 aromatic rings. The zero-order valence-corrected chi connectivity index (χ0v) is 14.4. The van der Waals surface area contributed by atoms with Crippen LogP contribution in [0.25, 0.3) is 0 Å². The molecule has 0 atom stereocenters. The zero-order chi connectivity index (χ0) is 15.9. The van der Waals surface area contributed by atoms with E-state index in [1.165, 1.54) is 0 Å². The molecule has 0 spiro atoms. The van der Waals surface area contributed by atoms with Gasteiger partial charge in [0.2, 0.25) is 11.8 Å². The molecular weight excluding hydrogens is 350 g/mol. The van der Waals surface area contributed by atoms with Crippen molar-refractivity contribution in [1.82, 2.24) is 15.1 Å². The molecule has 122 valence electrons. The Morgan fingerprint density at radius 2 is 2.32 bits per heavy atom. The van der Waals surface area contributed by atoms with Crippen molar-refractivity contribution in [3.8, 4) is 0 Å². The van der Waals surface area contributed by atoms with Crippen LogP contribution < -0.4 is 5.32 Å². The van der Waals surface area contributed by atoms with E-state index in [-0.39, 0.29) is 11.8 Å². The SMILES string of the molecule is CN(CC(=O)NCCCN1CCCC1=O)Cc1ccc(Br)o1. The summed E-state index contributed by atoms with van der Waals surface area (Å²) >= 11 is 3.25. The van der Waals surface area contributed by atoms with Crippen LogP contribution in [-0.4, -0.2) is 54.8 Å². The molecule has 6 nitrogen and oxygen atoms in total. The zero-order valence-electron chi connectivity index (χ0n) is 12.8. The molecule has 0 bridgehead atoms. The van der Waals surface area contributed by atoms with Gasteiger partial charge in [-0.25, -0.2) is 0 Å². The first kappa shape index (κ1) is 17.0. The third kappa shape index (κ3) is 5.46. The highest BCUT2D eigenvalue weighted by atomic mass is 79.9. The van der Waals surface area contributed by atoms with Gasteiger partial charge in [-0.3, -0.25) is 14.5 Å². The van der Waals surface area contributed by atoms with E-state index in [2.05, 4.69) is 21.2 Å². The van der Waals surface area contributed by atoms with Gasteiger partial charge in [-0.1, -0.05) is 0 Å². The van der Waals surface area contributed by atoms with Crippen molar-refractivity contribution < 1.29 is 14.0 Å². The van der Waals surface area contributed by atoms with Crippen molar-refractivity contribution in [2.45, 2.75) is 25.8 Å². The van der Waals surface area contributed by atoms with Gasteiger partial charge >= 0.3 is 0 Å². The van der Waals surface area contributed by atoms with Gasteiger partial charge in [0.05, 0.1) is 13.1 Å². The van der Waals surface area contributed by atoms with Gasteiger partial charge in [0.1, 0.15) is 5.76 Å². The largest absolute Gasteiger partial charge is 0.453 e. The molecule has 1 aliphatic rings. The minimum Gasteiger partial charge on any atom is -0.453 e. The van der Waals surface area contributed by atoms with E-state index in [0.717, 1.165) is 31.7 Å². The molecule has 1 saturated heterocycles. The van der Waals surface area contributed by atoms with E-state index in [4.69, 9.17) is 4.42 Å². The number of nitrogens with one attached hydrogen (secondary N) is 1. The van der Waals surface area contributed by atoms with Crippen LogP contribution in [0.4, 0.5) is 0 Å². The van der Waals surface area contributed by atoms with Crippen molar-refractivity contribution in [3.63, 3.8) is 0 Å². The van der Waals surface area contributed by atoms with Gasteiger partial charge in [0.15, 0.2) is 4.67 Å². The summed E-state index contributed by atoms with van der Waals surface area (Å²) in [5.41, 5.74) is 0. The van der Waals surface area contributed by atoms with Crippen LogP contribution in [0.3, 0.4) is 0 Å². The monoisotopic (exact) mass is 371 g/mol. The van der Waals surface area contributed by atoms with Crippen LogP contribution in [0.2, 0.25) is 0 Å². The maximum atomic E-state index is 11.8. The molecule has 2 rings (SSSR count). The maximum absolute atomic E-state index is 11.8. The normalized spacial score (nSPS) is 14.9. The number of rotatable bonds is 8. The summed E-state index contributed by atoms with van der Waals surface area (Å²) in [6, 6.07) is 3.72. The Kier molecular flexibility index (Phi) is 6.45. The molecule has 0 aromatic carbocycles. The summed E-state index contributed by atoms with van der Waals surface area (Å²) in [7, 11) is 1.87. The van der Waals surface area contributed by atoms with Crippen LogP contribution in [0.15, 0.2) is 21.2 Å². The molecule has 0 saturated carbocycles. The van der Waals surface area contributed by atoms with Gasteiger partial charge in [-0.15, -0.1) is 0 Å². The van der Waals surface area contributed by atoms with Crippen LogP contribution in [-0.2, 0) is 16.1 Å². The number of amides is 2. The highest BCUT2D eigenvalue weighted by Gasteiger charge is 2.19. The highest BCUT2D eigenvalue weighted by Crippen LogP contribution is 2.15. The molecule has 7 heteroatoms. The maximum Gasteiger partial charge on any atom is 0.234 e. The molecule has 22 heavy (non-hydrogen) atoms. The number of carbonyl (C=O) groups excluding carboxylic acids is 2. The van der Waals surface area contributed by atoms with Gasteiger partial charge in [-0.05, 0) is 48.0 Å². The Hall–Kier alpha value is -1.34. The van der Waals surface area contributed by atoms with E-state index in [1.807, 2.05) is 29.0 Å². The number of halogens is 1. The van der Waals surface area contributed by atoms with E-state index in [1.54, 1.807) is 0 Å². The average molecular weight is 372 g/mol. The third-order valence-corrected chi connectivity index (χ3v) is 3.99. The third-order valence-electron chi connectivity index (χ3n) is 3.57. The fourth-order valence-electron chi connectivity index (χ4n) is 2.50. The summed E-state index contributed by atoms with van der Waals surface area (Å²) in [6.45, 7) is 3.09. The average Bonchev–Trinajstić information content (AvgIpc) is 3.04. The molecule has 0 unspecified atom stereocenters. The lowest BCUT2D eigenvalue weighted by atomic mass is 10.3. The number of hydrogen-bond acceptors (Lipinski definition) is 4. The summed E-state index contributed by atoms with van der Waals surface area (Å²) < 4.78 is 6.10. The number of likely N-dealkylation sites (N-methyl/N-ethyl adjacent to an activating group) is 1. The Morgan fingerprint density at radius 3 is 2.95 bits per heavy atom. The summed E-state index contributed by atoms with van der Waals surface area (Å²) in [6.07, 6.45) is 2.42. The Labute approximate surface area is 138 Å². The molecule has 2 amide bonds. The number of nitrogens with zero attached hydrogens (tertiary/aromatic N) is 2. The van der Waals surface area contributed by atoms with Crippen LogP contribution in [0.1, 0.15) is 25.0 Å². The molecule has 1 aliphatic heterocycles. The fourth-order valence-corrected chi connectivity index (χ4v) is 2.84. The molecule has 0 radical (unpaired) electrons. The van der Waals surface area contributed by atoms with Gasteiger partial charge in [0.25, 0.3) is 0 Å². The Balaban J connectivity index is 1.58. The van der Waals surface area contributed by atoms with Crippen molar-refractivity contribution in [2.75, 3.05) is 33.2 Å². The van der Waals surface area contributed by atoms with Crippen molar-refractivity contribution >= 4 is 27.7 Å². The lowest BCUT2D eigenvalue weighted by Crippen LogP contribution is -2.36. The standard InChI is InChI=1S/C15H22BrN3O3/c1-18(10-12-5-6-13(16)22-12)11-14(20)17-7-3-9-19-8-2-4-15(19)21/h5-6H,2-4,7-11H2,1H3,(H,17,20). The second kappa shape index (κ2) is 8.33. The summed E-state index contributed by atoms with van der Waals surface area (Å²) in [5.74, 6) is 1.03. The summed E-state index contributed by atoms with van der Waals surface area (Å²) in [5, 5.41) is 2.88. The molecule has 1 N–H and O–H groups in total. The van der Waals surface area contributed by atoms with Crippen LogP contribution >= 0.6 is 15.9 Å². The number of carbonyl (C=O) groups is 2. The predicted molar refractivity (Wildman–Crippen MR) is 86.2 cm³/mol. The van der Waals surface area contributed by atoms with Gasteiger partial charge in [0, 0.05) is 26.1 Å². The predicted octanol–water partition coefficient (Wildman–Crippen LogP) is 1.60. The second-order valence-corrected chi connectivity index (χ2v) is 6.35. The van der Waals surface area contributed by atoms with E-state index in [9.17, 15) is 9.59 Å². The number of hydrogen-bond donors (Lipinski definition) is 1. The fraction of sp³-hybridized carbons (Fsp3) is 0.600. The lowest BCUT2D eigenvalue weighted by Gasteiger charge is -2.17. The van der Waals surface area contributed by atoms with Gasteiger partial charge in [-0.2, -0.15) is 0 Å². The van der Waals surface area contributed by atoms with Crippen LogP contribution in [0, 0.1) is 0 Å². The van der Waals surface area contributed by atoms with Crippen molar-refractivity contribution in [2.24, 2.45) is 0 Å². The first-order valence-corrected chi connectivity index (χ1v) is 8.31. The Morgan fingerprint density at radius 1 is 1.50 bits per heavy atom. The first-order chi connectivity index (χ1) is 10.5. The number of furan rings is 1. The molecule has 1 fully saturated rings. The quantitative estimate of drug-likeness (QED) is 0.704. The smallest absolute Gasteiger partial charge is 0.234 e. The van der Waals surface area contributed by atoms with E-state index >= 15 is 0 Å². The first-order valence-electron chi connectivity index (χ1n) is 7.52. The van der Waals surface area contributed by atoms with Crippen LogP contribution in [0.5, 0.6) is 0 Å². The minimum absolute atomic E-state index is 0.0131. The second-order valence-electron chi connectivity index (χ2n) is 5.57. The molecule has 1 aromatic heterocycles. The molecule has 2 heterocycles. The number of likely N-dealkylation sites (tertiary alicyclic amines) is 1. The lowest BCUT2D eigenvalue weighted by molar-refractivity contribution is -0.127. The summed E-state index contributed by atoms with van der Waals surface area (Å²) in [4.78, 5) is 27.0. The topological polar surface area (TPSA) is 65.8 Å². The minimum atomic E-state index is -0.0131. The van der Waals surface area contributed by atoms with Crippen molar-refractivity contribution in [3.05, 3.63) is 22.6 Å². The van der Waals surface area contributed by atoms with Crippen molar-refractivity contribution in [1.29, 1.82) is 0 Å². The van der Waals surface area contributed by atoms with E-state index in [0.29, 0.717) is 30.7 Å². The molecular formula is C15H22BrN3O3. The van der Waals surface area contributed by atoms with Gasteiger partial charge < -0.3 is 14.6 Å². The molecule has 0 aliphatic carbocycles.